The van der Waals surface area contributed by atoms with Crippen LogP contribution in [0.5, 0.6) is 0 Å². The normalized spacial score (nSPS) is 16.2. The molecule has 9 nitrogen and oxygen atoms in total. The Morgan fingerprint density at radius 1 is 1.08 bits per heavy atom. The average Bonchev–Trinajstić information content (AvgIpc) is 3.59. The van der Waals surface area contributed by atoms with Gasteiger partial charge in [0.25, 0.3) is 17.4 Å². The molecule has 0 radical (unpaired) electrons. The molecule has 1 saturated carbocycles. The lowest BCUT2D eigenvalue weighted by molar-refractivity contribution is 0.0140. The van der Waals surface area contributed by atoms with Crippen LogP contribution in [0.25, 0.3) is 0 Å². The Morgan fingerprint density at radius 3 is 2.36 bits per heavy atom. The molecule has 1 aliphatic carbocycles. The minimum absolute atomic E-state index is 0.0164. The van der Waals surface area contributed by atoms with E-state index in [0.29, 0.717) is 18.1 Å². The second kappa shape index (κ2) is 9.61. The standard InChI is InChI=1S/C26H31ClN4O5/c1-25(2,3)36-24(35)29(4)26(11-12-26)16-30-13-14-31-20(23(30)34)10-9-19(22(31)33)21(32)28-15-17-5-7-18(27)8-6-17/h5-10H,11-16H2,1-4H3,(H,28,32). The molecular formula is C26H31ClN4O5. The fourth-order valence-electron chi connectivity index (χ4n) is 4.30. The molecule has 0 unspecified atom stereocenters. The third-order valence-electron chi connectivity index (χ3n) is 6.58. The number of carbonyl (C=O) groups is 3. The van der Waals surface area contributed by atoms with Crippen molar-refractivity contribution in [3.05, 3.63) is 68.6 Å². The number of benzene rings is 1. The van der Waals surface area contributed by atoms with Crippen LogP contribution in [0.4, 0.5) is 4.79 Å². The van der Waals surface area contributed by atoms with E-state index in [2.05, 4.69) is 5.32 Å². The number of aromatic nitrogens is 1. The van der Waals surface area contributed by atoms with Crippen molar-refractivity contribution in [2.45, 2.75) is 57.8 Å². The van der Waals surface area contributed by atoms with Gasteiger partial charge >= 0.3 is 6.09 Å². The SMILES string of the molecule is CN(C(=O)OC(C)(C)C)C1(CN2CCn3c(ccc(C(=O)NCc4ccc(Cl)cc4)c3=O)C2=O)CC1. The van der Waals surface area contributed by atoms with Crippen LogP contribution in [0, 0.1) is 0 Å². The van der Waals surface area contributed by atoms with Gasteiger partial charge in [-0.05, 0) is 63.4 Å². The molecule has 36 heavy (non-hydrogen) atoms. The summed E-state index contributed by atoms with van der Waals surface area (Å²) in [6.45, 7) is 6.63. The van der Waals surface area contributed by atoms with Crippen molar-refractivity contribution in [1.29, 1.82) is 0 Å². The third kappa shape index (κ3) is 5.41. The van der Waals surface area contributed by atoms with Crippen molar-refractivity contribution < 1.29 is 19.1 Å². The number of pyridine rings is 1. The average molecular weight is 515 g/mol. The zero-order chi connectivity index (χ0) is 26.3. The molecule has 3 amide bonds. The number of nitrogens with zero attached hydrogens (tertiary/aromatic N) is 3. The lowest BCUT2D eigenvalue weighted by atomic mass is 10.1. The van der Waals surface area contributed by atoms with Gasteiger partial charge < -0.3 is 24.4 Å². The number of carbonyl (C=O) groups excluding carboxylic acids is 3. The predicted octanol–water partition coefficient (Wildman–Crippen LogP) is 3.29. The molecule has 1 fully saturated rings. The number of hydrogen-bond donors (Lipinski definition) is 1. The van der Waals surface area contributed by atoms with Crippen molar-refractivity contribution in [2.75, 3.05) is 20.1 Å². The molecule has 192 valence electrons. The molecule has 0 saturated heterocycles. The van der Waals surface area contributed by atoms with Crippen LogP contribution in [0.15, 0.2) is 41.2 Å². The first kappa shape index (κ1) is 25.8. The van der Waals surface area contributed by atoms with Crippen molar-refractivity contribution >= 4 is 29.5 Å². The summed E-state index contributed by atoms with van der Waals surface area (Å²) in [7, 11) is 1.70. The number of halogens is 1. The molecule has 10 heteroatoms. The van der Waals surface area contributed by atoms with Crippen LogP contribution in [0.1, 0.15) is 60.0 Å². The van der Waals surface area contributed by atoms with Gasteiger partial charge in [-0.1, -0.05) is 23.7 Å². The summed E-state index contributed by atoms with van der Waals surface area (Å²) in [4.78, 5) is 54.8. The largest absolute Gasteiger partial charge is 0.444 e. The van der Waals surface area contributed by atoms with E-state index in [1.54, 1.807) is 41.1 Å². The molecule has 1 N–H and O–H groups in total. The first-order chi connectivity index (χ1) is 16.9. The molecular weight excluding hydrogens is 484 g/mol. The van der Waals surface area contributed by atoms with Crippen LogP contribution < -0.4 is 10.9 Å². The topological polar surface area (TPSA) is 101 Å². The van der Waals surface area contributed by atoms with E-state index < -0.39 is 28.7 Å². The van der Waals surface area contributed by atoms with Crippen LogP contribution >= 0.6 is 11.6 Å². The van der Waals surface area contributed by atoms with E-state index in [9.17, 15) is 19.2 Å². The highest BCUT2D eigenvalue weighted by atomic mass is 35.5. The highest BCUT2D eigenvalue weighted by molar-refractivity contribution is 6.30. The summed E-state index contributed by atoms with van der Waals surface area (Å²) < 4.78 is 6.85. The summed E-state index contributed by atoms with van der Waals surface area (Å²) in [6.07, 6.45) is 1.12. The lowest BCUT2D eigenvalue weighted by Crippen LogP contribution is -2.53. The molecule has 2 aliphatic rings. The molecule has 4 rings (SSSR count). The molecule has 2 heterocycles. The highest BCUT2D eigenvalue weighted by Gasteiger charge is 2.51. The van der Waals surface area contributed by atoms with Gasteiger partial charge in [-0.2, -0.15) is 0 Å². The van der Waals surface area contributed by atoms with Crippen molar-refractivity contribution in [3.8, 4) is 0 Å². The maximum absolute atomic E-state index is 13.2. The number of fused-ring (bicyclic) bond motifs is 1. The molecule has 0 atom stereocenters. The van der Waals surface area contributed by atoms with Gasteiger partial charge in [0.2, 0.25) is 0 Å². The van der Waals surface area contributed by atoms with E-state index >= 15 is 0 Å². The zero-order valence-corrected chi connectivity index (χ0v) is 21.7. The molecule has 1 aromatic carbocycles. The van der Waals surface area contributed by atoms with E-state index in [4.69, 9.17) is 16.3 Å². The molecule has 2 aromatic rings. The number of rotatable bonds is 6. The maximum atomic E-state index is 13.2. The maximum Gasteiger partial charge on any atom is 0.410 e. The van der Waals surface area contributed by atoms with E-state index in [1.807, 2.05) is 20.8 Å². The first-order valence-corrected chi connectivity index (χ1v) is 12.3. The highest BCUT2D eigenvalue weighted by Crippen LogP contribution is 2.42. The van der Waals surface area contributed by atoms with Crippen LogP contribution in [0.2, 0.25) is 5.02 Å². The van der Waals surface area contributed by atoms with Crippen molar-refractivity contribution in [1.82, 2.24) is 19.7 Å². The zero-order valence-electron chi connectivity index (χ0n) is 21.0. The van der Waals surface area contributed by atoms with Crippen LogP contribution in [-0.4, -0.2) is 63.6 Å². The second-order valence-electron chi connectivity index (χ2n) is 10.4. The number of nitrogens with one attached hydrogen (secondary N) is 1. The Morgan fingerprint density at radius 2 is 1.75 bits per heavy atom. The minimum Gasteiger partial charge on any atom is -0.444 e. The van der Waals surface area contributed by atoms with Gasteiger partial charge in [-0.3, -0.25) is 14.4 Å². The lowest BCUT2D eigenvalue weighted by Gasteiger charge is -2.37. The quantitative estimate of drug-likeness (QED) is 0.637. The monoisotopic (exact) mass is 514 g/mol. The summed E-state index contributed by atoms with van der Waals surface area (Å²) in [5.74, 6) is -0.800. The predicted molar refractivity (Wildman–Crippen MR) is 135 cm³/mol. The number of likely N-dealkylation sites (N-methyl/N-ethyl adjacent to an activating group) is 1. The third-order valence-corrected chi connectivity index (χ3v) is 6.83. The van der Waals surface area contributed by atoms with Gasteiger partial charge in [0.15, 0.2) is 0 Å². The van der Waals surface area contributed by atoms with Gasteiger partial charge in [0.1, 0.15) is 16.9 Å². The second-order valence-corrected chi connectivity index (χ2v) is 10.8. The Labute approximate surface area is 215 Å². The first-order valence-electron chi connectivity index (χ1n) is 11.9. The summed E-state index contributed by atoms with van der Waals surface area (Å²) in [5.41, 5.74) is -0.514. The van der Waals surface area contributed by atoms with E-state index in [1.165, 1.54) is 16.7 Å². The van der Waals surface area contributed by atoms with E-state index in [-0.39, 0.29) is 30.3 Å². The van der Waals surface area contributed by atoms with Gasteiger partial charge in [-0.15, -0.1) is 0 Å². The van der Waals surface area contributed by atoms with Gasteiger partial charge in [0.05, 0.1) is 5.54 Å². The van der Waals surface area contributed by atoms with Crippen LogP contribution in [0.3, 0.4) is 0 Å². The van der Waals surface area contributed by atoms with Crippen molar-refractivity contribution in [2.24, 2.45) is 0 Å². The van der Waals surface area contributed by atoms with Crippen LogP contribution in [-0.2, 0) is 17.8 Å². The van der Waals surface area contributed by atoms with Gasteiger partial charge in [-0.25, -0.2) is 4.79 Å². The summed E-state index contributed by atoms with van der Waals surface area (Å²) >= 11 is 5.89. The molecule has 0 spiro atoms. The number of ether oxygens (including phenoxy) is 1. The minimum atomic E-state index is -0.610. The Balaban J connectivity index is 1.44. The number of amides is 3. The fraction of sp³-hybridized carbons (Fsp3) is 0.462. The van der Waals surface area contributed by atoms with E-state index in [0.717, 1.165) is 18.4 Å². The summed E-state index contributed by atoms with van der Waals surface area (Å²) in [5, 5.41) is 3.34. The Hall–Kier alpha value is -3.33. The molecule has 1 aliphatic heterocycles. The Kier molecular flexibility index (Phi) is 6.88. The molecule has 1 aromatic heterocycles. The smallest absolute Gasteiger partial charge is 0.410 e. The van der Waals surface area contributed by atoms with Gasteiger partial charge in [0, 0.05) is 38.2 Å². The van der Waals surface area contributed by atoms with Crippen molar-refractivity contribution in [3.63, 3.8) is 0 Å². The Bertz CT molecular complexity index is 1240. The molecule has 0 bridgehead atoms. The summed E-state index contributed by atoms with van der Waals surface area (Å²) in [6, 6.07) is 9.96. The fourth-order valence-corrected chi connectivity index (χ4v) is 4.42. The number of hydrogen-bond acceptors (Lipinski definition) is 5.